The van der Waals surface area contributed by atoms with Crippen LogP contribution in [0, 0.1) is 34.4 Å². The third-order valence-corrected chi connectivity index (χ3v) is 9.69. The van der Waals surface area contributed by atoms with Crippen LogP contribution in [0.15, 0.2) is 133 Å². The Hall–Kier alpha value is -6.26. The number of imidazole rings is 1. The highest BCUT2D eigenvalue weighted by atomic mass is 16.3. The van der Waals surface area contributed by atoms with E-state index in [4.69, 9.17) is 25.5 Å². The number of aromatic nitrogens is 3. The quantitative estimate of drug-likeness (QED) is 0.185. The fraction of sp³-hybridized carbons (Fsp3) is 0.176. The molecule has 2 heterocycles. The summed E-state index contributed by atoms with van der Waals surface area (Å²) < 4.78 is 139. The van der Waals surface area contributed by atoms with Gasteiger partial charge >= 0.3 is 0 Å². The number of benzene rings is 6. The number of aryl methyl sites for hydroxylation is 3. The minimum atomic E-state index is -3.01. The molecule has 0 saturated heterocycles. The highest BCUT2D eigenvalue weighted by molar-refractivity contribution is 5.97. The number of para-hydroxylation sites is 1. The summed E-state index contributed by atoms with van der Waals surface area (Å²) in [5, 5.41) is 11.8. The molecule has 0 saturated carbocycles. The summed E-state index contributed by atoms with van der Waals surface area (Å²) >= 11 is 0. The van der Waals surface area contributed by atoms with Crippen molar-refractivity contribution in [2.75, 3.05) is 0 Å². The second-order valence-electron chi connectivity index (χ2n) is 14.7. The van der Waals surface area contributed by atoms with E-state index < -0.39 is 90.7 Å². The molecule has 6 aromatic carbocycles. The molecule has 0 amide bonds. The van der Waals surface area contributed by atoms with E-state index in [0.717, 1.165) is 11.1 Å². The molecule has 0 aliphatic carbocycles. The Labute approximate surface area is 347 Å². The van der Waals surface area contributed by atoms with E-state index in [1.165, 1.54) is 6.07 Å². The molecule has 0 radical (unpaired) electrons. The molecule has 8 aromatic rings. The minimum absolute atomic E-state index is 0.0900. The van der Waals surface area contributed by atoms with E-state index in [2.05, 4.69) is 4.98 Å². The molecule has 0 spiro atoms. The Morgan fingerprint density at radius 3 is 2.20 bits per heavy atom. The Morgan fingerprint density at radius 2 is 1.45 bits per heavy atom. The van der Waals surface area contributed by atoms with Gasteiger partial charge in [0, 0.05) is 35.3 Å². The van der Waals surface area contributed by atoms with Crippen molar-refractivity contribution >= 4 is 11.0 Å². The van der Waals surface area contributed by atoms with Crippen LogP contribution in [0.5, 0.6) is 5.75 Å². The normalized spacial score (nSPS) is 16.6. The number of fused-ring (bicyclic) bond motifs is 1. The maximum Gasteiger partial charge on any atom is 0.149 e. The molecule has 0 unspecified atom stereocenters. The van der Waals surface area contributed by atoms with Crippen LogP contribution in [0.3, 0.4) is 0 Å². The maximum atomic E-state index is 11.8. The highest BCUT2D eigenvalue weighted by Crippen LogP contribution is 2.42. The van der Waals surface area contributed by atoms with E-state index in [1.54, 1.807) is 90.4 Å². The van der Waals surface area contributed by atoms with Crippen molar-refractivity contribution in [1.29, 1.82) is 0 Å². The first-order chi connectivity index (χ1) is 32.9. The van der Waals surface area contributed by atoms with Gasteiger partial charge in [0.15, 0.2) is 0 Å². The monoisotopic (exact) mass is 733 g/mol. The molecule has 0 fully saturated rings. The number of phenols is 1. The average molecular weight is 734 g/mol. The summed E-state index contributed by atoms with van der Waals surface area (Å²) in [4.78, 5) is 9.59. The lowest BCUT2D eigenvalue weighted by Gasteiger charge is -2.22. The third-order valence-electron chi connectivity index (χ3n) is 9.69. The van der Waals surface area contributed by atoms with Crippen LogP contribution in [0.4, 0.5) is 0 Å². The molecular weight excluding hydrogens is 671 g/mol. The largest absolute Gasteiger partial charge is 0.507 e. The van der Waals surface area contributed by atoms with Gasteiger partial charge < -0.3 is 5.11 Å². The standard InChI is InChI=1S/C51H47N3O/c1-31-17-19-36(20-18-31)38-21-22-52-46(29-38)40-26-39(27-41(28-40)51(6,7)8)43-15-12-16-47-48(43)53-50(45-24-32(2)23-34(4)49(45)55)54(47)42-25-33(3)35(5)44(30-42)37-13-10-9-11-14-37/h9-30,55H,1-8H3/i1D3,3D3,5D3,17D,18D,19D,20D,21D,22D,29D. The molecule has 0 atom stereocenters. The van der Waals surface area contributed by atoms with E-state index >= 15 is 0 Å². The van der Waals surface area contributed by atoms with Crippen molar-refractivity contribution in [1.82, 2.24) is 14.5 Å². The fourth-order valence-electron chi connectivity index (χ4n) is 6.88. The van der Waals surface area contributed by atoms with Crippen molar-refractivity contribution in [3.05, 3.63) is 167 Å². The highest BCUT2D eigenvalue weighted by Gasteiger charge is 2.24. The maximum absolute atomic E-state index is 11.8. The lowest BCUT2D eigenvalue weighted by Crippen LogP contribution is -2.11. The van der Waals surface area contributed by atoms with Gasteiger partial charge in [0.1, 0.15) is 11.6 Å². The number of hydrogen-bond donors (Lipinski definition) is 1. The zero-order valence-electron chi connectivity index (χ0n) is 46.9. The van der Waals surface area contributed by atoms with Gasteiger partial charge in [-0.15, -0.1) is 0 Å². The molecule has 4 nitrogen and oxygen atoms in total. The second-order valence-corrected chi connectivity index (χ2v) is 14.7. The molecule has 1 N–H and O–H groups in total. The van der Waals surface area contributed by atoms with Crippen LogP contribution in [-0.4, -0.2) is 19.6 Å². The molecule has 0 aliphatic rings. The first-order valence-corrected chi connectivity index (χ1v) is 17.7. The second kappa shape index (κ2) is 13.9. The average Bonchev–Trinajstić information content (AvgIpc) is 3.67. The first-order valence-electron chi connectivity index (χ1n) is 25.7. The van der Waals surface area contributed by atoms with Crippen LogP contribution in [0.1, 0.15) is 76.1 Å². The smallest absolute Gasteiger partial charge is 0.149 e. The van der Waals surface area contributed by atoms with E-state index in [1.807, 2.05) is 33.8 Å². The van der Waals surface area contributed by atoms with Gasteiger partial charge in [-0.2, -0.15) is 0 Å². The van der Waals surface area contributed by atoms with Gasteiger partial charge in [0.2, 0.25) is 0 Å². The lowest BCUT2D eigenvalue weighted by atomic mass is 9.83. The number of aromatic hydroxyl groups is 1. The Balaban J connectivity index is 1.46. The van der Waals surface area contributed by atoms with Crippen molar-refractivity contribution in [2.24, 2.45) is 0 Å². The minimum Gasteiger partial charge on any atom is -0.507 e. The van der Waals surface area contributed by atoms with Crippen molar-refractivity contribution in [3.8, 4) is 67.5 Å². The van der Waals surface area contributed by atoms with Crippen molar-refractivity contribution in [3.63, 3.8) is 0 Å². The van der Waals surface area contributed by atoms with Gasteiger partial charge in [-0.3, -0.25) is 9.55 Å². The summed E-state index contributed by atoms with van der Waals surface area (Å²) in [6.45, 7) is 0.737. The zero-order valence-corrected chi connectivity index (χ0v) is 30.9. The Bertz CT molecular complexity index is 3450. The number of nitrogens with zero attached hydrogens (tertiary/aromatic N) is 3. The van der Waals surface area contributed by atoms with E-state index in [9.17, 15) is 6.48 Å². The first kappa shape index (κ1) is 21.6. The lowest BCUT2D eigenvalue weighted by molar-refractivity contribution is 0.472. The van der Waals surface area contributed by atoms with E-state index in [0.29, 0.717) is 38.9 Å². The zero-order chi connectivity index (χ0) is 52.2. The Morgan fingerprint density at radius 1 is 0.655 bits per heavy atom. The summed E-state index contributed by atoms with van der Waals surface area (Å²) in [5.41, 5.74) is 2.16. The Kier molecular flexibility index (Phi) is 5.44. The molecule has 55 heavy (non-hydrogen) atoms. The van der Waals surface area contributed by atoms with E-state index in [-0.39, 0.29) is 39.6 Å². The molecule has 0 bridgehead atoms. The van der Waals surface area contributed by atoms with Gasteiger partial charge in [0.25, 0.3) is 0 Å². The van der Waals surface area contributed by atoms with Crippen LogP contribution >= 0.6 is 0 Å². The number of phenolic OH excluding ortho intramolecular Hbond substituents is 1. The molecule has 272 valence electrons. The van der Waals surface area contributed by atoms with Crippen LogP contribution < -0.4 is 0 Å². The number of hydrogen-bond acceptors (Lipinski definition) is 3. The molecule has 4 heteroatoms. The van der Waals surface area contributed by atoms with Crippen molar-refractivity contribution < 1.29 is 27.0 Å². The SMILES string of the molecule is [2H]c1nc(-c2cc(-c3cccc4c3nc(-c3cc(C)cc(C)c3O)n4-c3cc(-c4ccccc4)c(C([2H])([2H])[2H])c(C([2H])([2H])[2H])c3)cc(C(C)(C)C)c2)c([2H])c(-c2c([2H])c([2H])c(C([2H])([2H])[2H])c([2H])c2[2H])c1[2H]. The summed E-state index contributed by atoms with van der Waals surface area (Å²) in [7, 11) is 0. The fourth-order valence-corrected chi connectivity index (χ4v) is 6.88. The molecule has 0 aliphatic heterocycles. The van der Waals surface area contributed by atoms with Crippen molar-refractivity contribution in [2.45, 2.75) is 60.6 Å². The van der Waals surface area contributed by atoms with Gasteiger partial charge in [0.05, 0.1) is 31.9 Å². The number of rotatable bonds is 6. The topological polar surface area (TPSA) is 50.9 Å². The van der Waals surface area contributed by atoms with Crippen LogP contribution in [0.25, 0.3) is 72.7 Å². The summed E-state index contributed by atoms with van der Waals surface area (Å²) in [6, 6.07) is 21.4. The van der Waals surface area contributed by atoms with Crippen LogP contribution in [0.2, 0.25) is 0 Å². The molecule has 2 aromatic heterocycles. The predicted octanol–water partition coefficient (Wildman–Crippen LogP) is 13.3. The summed E-state index contributed by atoms with van der Waals surface area (Å²) in [6.07, 6.45) is -0.639. The third kappa shape index (κ3) is 6.74. The summed E-state index contributed by atoms with van der Waals surface area (Å²) in [5.74, 6) is 0.114. The predicted molar refractivity (Wildman–Crippen MR) is 230 cm³/mol. The molecular formula is C51H47N3O. The number of pyridine rings is 1. The van der Waals surface area contributed by atoms with Gasteiger partial charge in [-0.25, -0.2) is 4.98 Å². The van der Waals surface area contributed by atoms with Gasteiger partial charge in [-0.1, -0.05) is 105 Å². The van der Waals surface area contributed by atoms with Gasteiger partial charge in [-0.05, 0) is 144 Å². The molecule has 8 rings (SSSR count). The van der Waals surface area contributed by atoms with Crippen LogP contribution in [-0.2, 0) is 5.41 Å².